The minimum Gasteiger partial charge on any atom is -0.308 e. The summed E-state index contributed by atoms with van der Waals surface area (Å²) < 4.78 is 3.99. The van der Waals surface area contributed by atoms with Crippen LogP contribution >= 0.6 is 23.2 Å². The highest BCUT2D eigenvalue weighted by Crippen LogP contribution is 2.34. The summed E-state index contributed by atoms with van der Waals surface area (Å²) in [6.45, 7) is 0. The lowest BCUT2D eigenvalue weighted by atomic mass is 10.0. The highest BCUT2D eigenvalue weighted by molar-refractivity contribution is 6.31. The number of rotatable bonds is 3. The summed E-state index contributed by atoms with van der Waals surface area (Å²) in [5.41, 5.74) is 6.17. The van der Waals surface area contributed by atoms with E-state index in [2.05, 4.69) is 4.40 Å². The highest BCUT2D eigenvalue weighted by Gasteiger charge is 2.24. The normalized spacial score (nSPS) is 11.6. The molecule has 0 amide bonds. The van der Waals surface area contributed by atoms with Crippen molar-refractivity contribution < 1.29 is 4.79 Å². The monoisotopic (exact) mass is 455 g/mol. The first-order valence-electron chi connectivity index (χ1n) is 10.1. The molecule has 6 rings (SSSR count). The van der Waals surface area contributed by atoms with E-state index in [1.54, 1.807) is 24.3 Å². The summed E-state index contributed by atoms with van der Waals surface area (Å²) in [5, 5.41) is 1.22. The summed E-state index contributed by atoms with van der Waals surface area (Å²) in [6.07, 6.45) is 1.90. The van der Waals surface area contributed by atoms with Crippen LogP contribution in [0.5, 0.6) is 0 Å². The second-order valence-electron chi connectivity index (χ2n) is 7.56. The molecular weight excluding hydrogens is 441 g/mol. The fourth-order valence-electron chi connectivity index (χ4n) is 4.23. The zero-order chi connectivity index (χ0) is 21.8. The molecule has 0 radical (unpaired) electrons. The molecule has 0 aliphatic rings. The zero-order valence-corrected chi connectivity index (χ0v) is 18.2. The van der Waals surface area contributed by atoms with Crippen LogP contribution in [0.4, 0.5) is 0 Å². The van der Waals surface area contributed by atoms with Crippen LogP contribution in [0.2, 0.25) is 10.0 Å². The fourth-order valence-corrected chi connectivity index (χ4v) is 4.48. The number of fused-ring (bicyclic) bond motifs is 5. The van der Waals surface area contributed by atoms with Gasteiger partial charge in [-0.1, -0.05) is 47.5 Å². The number of ketones is 1. The van der Waals surface area contributed by atoms with Gasteiger partial charge in [-0.05, 0) is 60.7 Å². The third-order valence-corrected chi connectivity index (χ3v) is 6.17. The van der Waals surface area contributed by atoms with E-state index in [1.807, 2.05) is 71.3 Å². The first kappa shape index (κ1) is 19.1. The first-order chi connectivity index (χ1) is 15.6. The average Bonchev–Trinajstić information content (AvgIpc) is 3.44. The summed E-state index contributed by atoms with van der Waals surface area (Å²) >= 11 is 12.2. The highest BCUT2D eigenvalue weighted by atomic mass is 35.5. The number of carbonyl (C=O) groups excluding carboxylic acids is 1. The number of para-hydroxylation sites is 2. The van der Waals surface area contributed by atoms with Crippen LogP contribution in [0.3, 0.4) is 0 Å². The van der Waals surface area contributed by atoms with Gasteiger partial charge in [0.2, 0.25) is 5.78 Å². The minimum absolute atomic E-state index is 0.104. The maximum Gasteiger partial charge on any atom is 0.211 e. The molecule has 6 aromatic rings. The maximum absolute atomic E-state index is 13.9. The van der Waals surface area contributed by atoms with Crippen molar-refractivity contribution in [2.45, 2.75) is 0 Å². The minimum atomic E-state index is -0.104. The molecule has 0 bridgehead atoms. The molecule has 0 atom stereocenters. The lowest BCUT2D eigenvalue weighted by molar-refractivity contribution is 0.103. The van der Waals surface area contributed by atoms with Crippen LogP contribution in [0.15, 0.2) is 91.1 Å². The van der Waals surface area contributed by atoms with Gasteiger partial charge in [0.1, 0.15) is 5.69 Å². The Bertz CT molecular complexity index is 1650. The second kappa shape index (κ2) is 7.23. The Morgan fingerprint density at radius 2 is 1.41 bits per heavy atom. The van der Waals surface area contributed by atoms with Crippen molar-refractivity contribution in [3.8, 4) is 11.3 Å². The third kappa shape index (κ3) is 2.84. The second-order valence-corrected chi connectivity index (χ2v) is 8.44. The zero-order valence-electron chi connectivity index (χ0n) is 16.7. The predicted octanol–water partition coefficient (Wildman–Crippen LogP) is 6.95. The van der Waals surface area contributed by atoms with Crippen molar-refractivity contribution in [3.63, 3.8) is 0 Å². The molecular formula is C26H15Cl2N3O. The standard InChI is InChI=1S/C26H15Cl2N3O/c27-18-11-7-16(8-12-18)23-24(25(32)17-9-13-19(28)14-10-17)30-15-3-6-22(30)26-29-20-4-1-2-5-21(20)31(23)26/h1-15H. The fraction of sp³-hybridized carbons (Fsp3) is 0. The van der Waals surface area contributed by atoms with Gasteiger partial charge in [0.05, 0.1) is 22.2 Å². The number of halogens is 2. The maximum atomic E-state index is 13.9. The Morgan fingerprint density at radius 3 is 2.16 bits per heavy atom. The van der Waals surface area contributed by atoms with Gasteiger partial charge in [-0.25, -0.2) is 4.98 Å². The molecule has 0 saturated carbocycles. The first-order valence-corrected chi connectivity index (χ1v) is 10.8. The van der Waals surface area contributed by atoms with Crippen molar-refractivity contribution in [2.75, 3.05) is 0 Å². The van der Waals surface area contributed by atoms with Crippen molar-refractivity contribution in [2.24, 2.45) is 0 Å². The Balaban J connectivity index is 1.81. The van der Waals surface area contributed by atoms with E-state index in [0.717, 1.165) is 33.5 Å². The lowest BCUT2D eigenvalue weighted by Gasteiger charge is -2.16. The van der Waals surface area contributed by atoms with Gasteiger partial charge in [0.25, 0.3) is 0 Å². The van der Waals surface area contributed by atoms with Crippen LogP contribution in [0, 0.1) is 0 Å². The molecule has 3 heterocycles. The molecule has 0 spiro atoms. The number of carbonyl (C=O) groups is 1. The number of hydrogen-bond acceptors (Lipinski definition) is 2. The van der Waals surface area contributed by atoms with Gasteiger partial charge < -0.3 is 4.40 Å². The Morgan fingerprint density at radius 1 is 0.750 bits per heavy atom. The van der Waals surface area contributed by atoms with E-state index in [-0.39, 0.29) is 5.78 Å². The van der Waals surface area contributed by atoms with Crippen molar-refractivity contribution >= 4 is 51.2 Å². The van der Waals surface area contributed by atoms with E-state index in [0.29, 0.717) is 21.3 Å². The third-order valence-electron chi connectivity index (χ3n) is 5.67. The Kier molecular flexibility index (Phi) is 4.32. The molecule has 154 valence electrons. The molecule has 0 aliphatic carbocycles. The summed E-state index contributed by atoms with van der Waals surface area (Å²) in [6, 6.07) is 26.3. The molecule has 0 N–H and O–H groups in total. The van der Waals surface area contributed by atoms with Crippen LogP contribution in [0.1, 0.15) is 16.1 Å². The van der Waals surface area contributed by atoms with E-state index in [1.165, 1.54) is 0 Å². The van der Waals surface area contributed by atoms with Gasteiger partial charge in [0, 0.05) is 27.4 Å². The van der Waals surface area contributed by atoms with Crippen LogP contribution in [0.25, 0.3) is 33.5 Å². The van der Waals surface area contributed by atoms with Gasteiger partial charge in [-0.2, -0.15) is 0 Å². The van der Waals surface area contributed by atoms with Crippen molar-refractivity contribution in [3.05, 3.63) is 112 Å². The number of imidazole rings is 1. The quantitative estimate of drug-likeness (QED) is 0.271. The van der Waals surface area contributed by atoms with E-state index in [9.17, 15) is 4.79 Å². The van der Waals surface area contributed by atoms with Crippen LogP contribution in [-0.4, -0.2) is 19.6 Å². The molecule has 4 nitrogen and oxygen atoms in total. The molecule has 0 unspecified atom stereocenters. The smallest absolute Gasteiger partial charge is 0.211 e. The van der Waals surface area contributed by atoms with Gasteiger partial charge in [0.15, 0.2) is 5.65 Å². The molecule has 32 heavy (non-hydrogen) atoms. The van der Waals surface area contributed by atoms with E-state index in [4.69, 9.17) is 28.2 Å². The Hall–Kier alpha value is -3.60. The molecule has 6 heteroatoms. The molecule has 0 aliphatic heterocycles. The SMILES string of the molecule is O=C(c1ccc(Cl)cc1)c1c(-c2ccc(Cl)cc2)n2c3ccccc3nc2c2cccn12. The predicted molar refractivity (Wildman–Crippen MR) is 129 cm³/mol. The van der Waals surface area contributed by atoms with Gasteiger partial charge >= 0.3 is 0 Å². The van der Waals surface area contributed by atoms with Gasteiger partial charge in [-0.15, -0.1) is 0 Å². The topological polar surface area (TPSA) is 38.8 Å². The Labute approximate surface area is 193 Å². The van der Waals surface area contributed by atoms with Crippen molar-refractivity contribution in [1.29, 1.82) is 0 Å². The number of nitrogens with zero attached hydrogens (tertiary/aromatic N) is 3. The number of aromatic nitrogens is 3. The lowest BCUT2D eigenvalue weighted by Crippen LogP contribution is -2.13. The van der Waals surface area contributed by atoms with Crippen molar-refractivity contribution in [1.82, 2.24) is 13.8 Å². The molecule has 3 aromatic heterocycles. The summed E-state index contributed by atoms with van der Waals surface area (Å²) in [7, 11) is 0. The molecule has 3 aromatic carbocycles. The van der Waals surface area contributed by atoms with E-state index >= 15 is 0 Å². The van der Waals surface area contributed by atoms with Crippen LogP contribution < -0.4 is 0 Å². The average molecular weight is 456 g/mol. The van der Waals surface area contributed by atoms with Gasteiger partial charge in [-0.3, -0.25) is 9.20 Å². The number of benzene rings is 3. The summed E-state index contributed by atoms with van der Waals surface area (Å²) in [4.78, 5) is 18.8. The summed E-state index contributed by atoms with van der Waals surface area (Å²) in [5.74, 6) is -0.104. The number of hydrogen-bond donors (Lipinski definition) is 0. The largest absolute Gasteiger partial charge is 0.308 e. The molecule has 0 saturated heterocycles. The molecule has 0 fully saturated rings. The van der Waals surface area contributed by atoms with Crippen LogP contribution in [-0.2, 0) is 0 Å². The van der Waals surface area contributed by atoms with E-state index < -0.39 is 0 Å².